The smallest absolute Gasteiger partial charge is 0.151 e. The van der Waals surface area contributed by atoms with E-state index in [-0.39, 0.29) is 23.9 Å². The van der Waals surface area contributed by atoms with Crippen LogP contribution in [0.5, 0.6) is 5.75 Å². The molecule has 31 heavy (non-hydrogen) atoms. The van der Waals surface area contributed by atoms with Gasteiger partial charge >= 0.3 is 0 Å². The van der Waals surface area contributed by atoms with Gasteiger partial charge in [0.2, 0.25) is 0 Å². The lowest BCUT2D eigenvalue weighted by Gasteiger charge is -2.45. The molecular formula is C22H25FN6O2. The number of aromatic hydroxyl groups is 1. The molecule has 0 amide bonds. The third kappa shape index (κ3) is 3.75. The Morgan fingerprint density at radius 3 is 2.74 bits per heavy atom. The minimum Gasteiger partial charge on any atom is -0.507 e. The summed E-state index contributed by atoms with van der Waals surface area (Å²) in [6, 6.07) is 10.4. The fourth-order valence-corrected chi connectivity index (χ4v) is 4.42. The molecule has 9 heteroatoms. The lowest BCUT2D eigenvalue weighted by Crippen LogP contribution is -2.65. The van der Waals surface area contributed by atoms with Crippen LogP contribution >= 0.6 is 0 Å². The molecule has 5 rings (SSSR count). The van der Waals surface area contributed by atoms with Crippen molar-refractivity contribution in [2.75, 3.05) is 25.2 Å². The van der Waals surface area contributed by atoms with E-state index in [1.165, 1.54) is 0 Å². The topological polar surface area (TPSA) is 88.3 Å². The van der Waals surface area contributed by atoms with Gasteiger partial charge in [0.15, 0.2) is 5.82 Å². The predicted molar refractivity (Wildman–Crippen MR) is 115 cm³/mol. The molecule has 8 nitrogen and oxygen atoms in total. The second kappa shape index (κ2) is 7.90. The largest absolute Gasteiger partial charge is 0.507 e. The minimum atomic E-state index is -1.05. The standard InChI is InChI=1S/C22H25FN6O2/c1-28-8-7-16(27-28)13-3-4-15(20(30)9-13)17-5-6-21(26-25-17)29(2)19-10-14-11-31-12-18(24-14)22(19)23/h3-9,14,18-19,22,24,30H,10-12H2,1-2H3/t14-,18-,19+,22-/m0/s1. The molecule has 2 aliphatic heterocycles. The number of ether oxygens (including phenoxy) is 1. The maximum Gasteiger partial charge on any atom is 0.151 e. The molecule has 3 aromatic rings. The van der Waals surface area contributed by atoms with Crippen molar-refractivity contribution < 1.29 is 14.2 Å². The third-order valence-corrected chi connectivity index (χ3v) is 6.14. The minimum absolute atomic E-state index is 0.105. The molecule has 162 valence electrons. The molecule has 2 aromatic heterocycles. The van der Waals surface area contributed by atoms with Crippen molar-refractivity contribution in [1.82, 2.24) is 25.3 Å². The van der Waals surface area contributed by atoms with E-state index in [0.29, 0.717) is 36.7 Å². The Morgan fingerprint density at radius 1 is 1.16 bits per heavy atom. The summed E-state index contributed by atoms with van der Waals surface area (Å²) in [6.45, 7) is 0.992. The van der Waals surface area contributed by atoms with Gasteiger partial charge in [-0.3, -0.25) is 4.68 Å². The maximum absolute atomic E-state index is 15.0. The van der Waals surface area contributed by atoms with Crippen LogP contribution in [0.25, 0.3) is 22.5 Å². The molecule has 2 fully saturated rings. The molecule has 1 aromatic carbocycles. The Morgan fingerprint density at radius 2 is 2.03 bits per heavy atom. The van der Waals surface area contributed by atoms with Crippen LogP contribution in [0.2, 0.25) is 0 Å². The first-order valence-corrected chi connectivity index (χ1v) is 10.4. The molecular weight excluding hydrogens is 399 g/mol. The number of halogens is 1. The highest BCUT2D eigenvalue weighted by molar-refractivity contribution is 5.73. The van der Waals surface area contributed by atoms with E-state index in [1.54, 1.807) is 22.9 Å². The van der Waals surface area contributed by atoms with Gasteiger partial charge in [-0.15, -0.1) is 10.2 Å². The zero-order valence-electron chi connectivity index (χ0n) is 17.4. The second-order valence-corrected chi connectivity index (χ2v) is 8.25. The number of anilines is 1. The van der Waals surface area contributed by atoms with Crippen LogP contribution in [-0.4, -0.2) is 69.6 Å². The molecule has 2 N–H and O–H groups in total. The van der Waals surface area contributed by atoms with Gasteiger partial charge < -0.3 is 20.1 Å². The van der Waals surface area contributed by atoms with Gasteiger partial charge in [0, 0.05) is 37.5 Å². The highest BCUT2D eigenvalue weighted by Gasteiger charge is 2.42. The van der Waals surface area contributed by atoms with Crippen molar-refractivity contribution in [3.05, 3.63) is 42.6 Å². The van der Waals surface area contributed by atoms with E-state index >= 15 is 0 Å². The summed E-state index contributed by atoms with van der Waals surface area (Å²) in [5, 5.41) is 26.8. The van der Waals surface area contributed by atoms with Crippen LogP contribution in [-0.2, 0) is 11.8 Å². The fraction of sp³-hybridized carbons (Fsp3) is 0.409. The maximum atomic E-state index is 15.0. The zero-order valence-corrected chi connectivity index (χ0v) is 17.4. The van der Waals surface area contributed by atoms with E-state index < -0.39 is 6.17 Å². The monoisotopic (exact) mass is 424 g/mol. The number of piperidine rings is 1. The van der Waals surface area contributed by atoms with Gasteiger partial charge in [-0.2, -0.15) is 5.10 Å². The highest BCUT2D eigenvalue weighted by atomic mass is 19.1. The summed E-state index contributed by atoms with van der Waals surface area (Å²) >= 11 is 0. The number of aromatic nitrogens is 4. The first-order chi connectivity index (χ1) is 15.0. The second-order valence-electron chi connectivity index (χ2n) is 8.25. The summed E-state index contributed by atoms with van der Waals surface area (Å²) in [5.41, 5.74) is 2.74. The average Bonchev–Trinajstić information content (AvgIpc) is 3.22. The SMILES string of the molecule is CN(c1ccc(-c2ccc(-c3ccn(C)n3)cc2O)nn1)[C@@H]1C[C@H]2COC[C@H](N2)[C@@H]1F. The summed E-state index contributed by atoms with van der Waals surface area (Å²) in [6.07, 6.45) is 1.45. The number of rotatable bonds is 4. The van der Waals surface area contributed by atoms with Crippen molar-refractivity contribution in [2.45, 2.75) is 30.7 Å². The van der Waals surface area contributed by atoms with E-state index in [0.717, 1.165) is 11.3 Å². The number of hydrogen-bond acceptors (Lipinski definition) is 7. The molecule has 0 spiro atoms. The van der Waals surface area contributed by atoms with Crippen molar-refractivity contribution in [3.8, 4) is 28.3 Å². The summed E-state index contributed by atoms with van der Waals surface area (Å²) in [4.78, 5) is 1.86. The Bertz CT molecular complexity index is 1070. The number of phenolic OH excluding ortho intramolecular Hbond substituents is 1. The number of hydrogen-bond donors (Lipinski definition) is 2. The number of phenols is 1. The molecule has 4 heterocycles. The van der Waals surface area contributed by atoms with E-state index in [4.69, 9.17) is 4.74 Å². The van der Waals surface area contributed by atoms with Gasteiger partial charge in [0.25, 0.3) is 0 Å². The lowest BCUT2D eigenvalue weighted by molar-refractivity contribution is -0.0175. The first kappa shape index (κ1) is 19.9. The van der Waals surface area contributed by atoms with Crippen molar-refractivity contribution in [2.24, 2.45) is 7.05 Å². The lowest BCUT2D eigenvalue weighted by atomic mass is 9.90. The number of nitrogens with zero attached hydrogens (tertiary/aromatic N) is 5. The molecule has 2 aliphatic rings. The van der Waals surface area contributed by atoms with Crippen LogP contribution in [0.15, 0.2) is 42.6 Å². The van der Waals surface area contributed by atoms with Gasteiger partial charge in [0.1, 0.15) is 11.9 Å². The van der Waals surface area contributed by atoms with Gasteiger partial charge in [-0.05, 0) is 36.8 Å². The number of benzene rings is 1. The van der Waals surface area contributed by atoms with Gasteiger partial charge in [-0.1, -0.05) is 6.07 Å². The number of morpholine rings is 1. The average molecular weight is 424 g/mol. The molecule has 0 unspecified atom stereocenters. The summed E-state index contributed by atoms with van der Waals surface area (Å²) in [5.74, 6) is 0.704. The zero-order chi connectivity index (χ0) is 21.5. The van der Waals surface area contributed by atoms with Gasteiger partial charge in [-0.25, -0.2) is 4.39 Å². The number of alkyl halides is 1. The molecule has 2 bridgehead atoms. The van der Waals surface area contributed by atoms with Crippen LogP contribution in [0.1, 0.15) is 6.42 Å². The van der Waals surface area contributed by atoms with Crippen LogP contribution in [0.4, 0.5) is 10.2 Å². The number of nitrogens with one attached hydrogen (secondary N) is 1. The van der Waals surface area contributed by atoms with Crippen LogP contribution in [0, 0.1) is 0 Å². The molecule has 0 saturated carbocycles. The number of aryl methyl sites for hydroxylation is 1. The molecule has 0 radical (unpaired) electrons. The van der Waals surface area contributed by atoms with Crippen molar-refractivity contribution in [3.63, 3.8) is 0 Å². The quantitative estimate of drug-likeness (QED) is 0.664. The van der Waals surface area contributed by atoms with Gasteiger partial charge in [0.05, 0.1) is 36.7 Å². The molecule has 0 aliphatic carbocycles. The van der Waals surface area contributed by atoms with Crippen molar-refractivity contribution in [1.29, 1.82) is 0 Å². The Hall–Kier alpha value is -3.04. The Balaban J connectivity index is 1.35. The third-order valence-electron chi connectivity index (χ3n) is 6.14. The summed E-state index contributed by atoms with van der Waals surface area (Å²) < 4.78 is 22.2. The normalized spacial score (nSPS) is 25.4. The fourth-order valence-electron chi connectivity index (χ4n) is 4.42. The van der Waals surface area contributed by atoms with E-state index in [9.17, 15) is 9.50 Å². The van der Waals surface area contributed by atoms with E-state index in [2.05, 4.69) is 20.6 Å². The summed E-state index contributed by atoms with van der Waals surface area (Å²) in [7, 11) is 3.70. The first-order valence-electron chi connectivity index (χ1n) is 10.4. The van der Waals surface area contributed by atoms with Crippen LogP contribution < -0.4 is 10.2 Å². The van der Waals surface area contributed by atoms with Crippen molar-refractivity contribution >= 4 is 5.82 Å². The van der Waals surface area contributed by atoms with Crippen LogP contribution in [0.3, 0.4) is 0 Å². The highest BCUT2D eigenvalue weighted by Crippen LogP contribution is 2.33. The predicted octanol–water partition coefficient (Wildman–Crippen LogP) is 2.15. The molecule has 4 atom stereocenters. The Labute approximate surface area is 179 Å². The van der Waals surface area contributed by atoms with E-state index in [1.807, 2.05) is 43.4 Å². The Kier molecular flexibility index (Phi) is 5.07. The number of fused-ring (bicyclic) bond motifs is 2. The molecule has 2 saturated heterocycles.